The number of hydrogen-bond acceptors (Lipinski definition) is 5. The number of ketones is 1. The molecule has 5 nitrogen and oxygen atoms in total. The topological polar surface area (TPSA) is 53.0 Å². The fourth-order valence-electron chi connectivity index (χ4n) is 4.59. The lowest BCUT2D eigenvalue weighted by Crippen LogP contribution is -2.36. The first-order chi connectivity index (χ1) is 15.1. The number of aliphatic hydroxyl groups excluding tert-OH is 1. The van der Waals surface area contributed by atoms with E-state index in [1.54, 1.807) is 0 Å². The Labute approximate surface area is 184 Å². The van der Waals surface area contributed by atoms with Crippen LogP contribution in [0, 0.1) is 0 Å². The van der Waals surface area contributed by atoms with Crippen molar-refractivity contribution in [3.63, 3.8) is 0 Å². The summed E-state index contributed by atoms with van der Waals surface area (Å²) in [6.45, 7) is 10.5. The van der Waals surface area contributed by atoms with Gasteiger partial charge in [-0.15, -0.1) is 0 Å². The van der Waals surface area contributed by atoms with E-state index in [-0.39, 0.29) is 12.4 Å². The molecule has 31 heavy (non-hydrogen) atoms. The molecule has 0 fully saturated rings. The van der Waals surface area contributed by atoms with Crippen molar-refractivity contribution in [2.24, 2.45) is 0 Å². The molecular weight excluding hydrogens is 388 g/mol. The van der Waals surface area contributed by atoms with Gasteiger partial charge in [-0.2, -0.15) is 0 Å². The number of rotatable bonds is 9. The van der Waals surface area contributed by atoms with Crippen molar-refractivity contribution in [2.45, 2.75) is 33.4 Å². The molecule has 0 unspecified atom stereocenters. The number of hydrogen-bond donors (Lipinski definition) is 1. The Kier molecular flexibility index (Phi) is 6.86. The fourth-order valence-corrected chi connectivity index (χ4v) is 4.59. The van der Waals surface area contributed by atoms with Crippen LogP contribution < -0.4 is 0 Å². The molecule has 164 valence electrons. The molecule has 1 heterocycles. The molecule has 4 rings (SSSR count). The summed E-state index contributed by atoms with van der Waals surface area (Å²) in [5.74, 6) is 0.865. The SMILES string of the molecule is CCN(CC)CCN(CCO)Cc1ccc2c(c1)CO/C2=C1/C(=O)Cc2ccccc21. The Morgan fingerprint density at radius 3 is 2.48 bits per heavy atom. The number of ether oxygens (including phenoxy) is 1. The smallest absolute Gasteiger partial charge is 0.171 e. The Morgan fingerprint density at radius 2 is 1.71 bits per heavy atom. The minimum Gasteiger partial charge on any atom is -0.487 e. The Morgan fingerprint density at radius 1 is 0.935 bits per heavy atom. The molecule has 0 atom stereocenters. The zero-order chi connectivity index (χ0) is 21.8. The number of allylic oxidation sites excluding steroid dienone is 1. The molecule has 0 saturated heterocycles. The van der Waals surface area contributed by atoms with E-state index in [0.717, 1.165) is 66.3 Å². The van der Waals surface area contributed by atoms with Crippen LogP contribution in [0.3, 0.4) is 0 Å². The summed E-state index contributed by atoms with van der Waals surface area (Å²) >= 11 is 0. The van der Waals surface area contributed by atoms with Crippen LogP contribution in [0.25, 0.3) is 11.3 Å². The van der Waals surface area contributed by atoms with Gasteiger partial charge in [0.1, 0.15) is 12.4 Å². The maximum absolute atomic E-state index is 12.7. The summed E-state index contributed by atoms with van der Waals surface area (Å²) in [7, 11) is 0. The molecule has 0 saturated carbocycles. The van der Waals surface area contributed by atoms with E-state index in [0.29, 0.717) is 19.6 Å². The van der Waals surface area contributed by atoms with Gasteiger partial charge >= 0.3 is 0 Å². The van der Waals surface area contributed by atoms with Gasteiger partial charge in [0.25, 0.3) is 0 Å². The third-order valence-electron chi connectivity index (χ3n) is 6.38. The minimum atomic E-state index is 0.138. The summed E-state index contributed by atoms with van der Waals surface area (Å²) in [5.41, 5.74) is 6.18. The Hall–Kier alpha value is -2.47. The molecule has 0 amide bonds. The van der Waals surface area contributed by atoms with Crippen LogP contribution in [-0.2, 0) is 29.1 Å². The maximum atomic E-state index is 12.7. The van der Waals surface area contributed by atoms with Crippen molar-refractivity contribution in [3.8, 4) is 0 Å². The van der Waals surface area contributed by atoms with Crippen LogP contribution >= 0.6 is 0 Å². The fraction of sp³-hybridized carbons (Fsp3) is 0.423. The lowest BCUT2D eigenvalue weighted by molar-refractivity contribution is -0.112. The lowest BCUT2D eigenvalue weighted by atomic mass is 9.99. The Balaban J connectivity index is 1.54. The number of carbonyl (C=O) groups excluding carboxylic acids is 1. The number of fused-ring (bicyclic) bond motifs is 2. The standard InChI is InChI=1S/C26H32N2O3/c1-3-27(4-2)11-12-28(13-14-29)17-19-9-10-23-21(15-19)18-31-26(23)25-22-8-6-5-7-20(22)16-24(25)30/h5-10,15,29H,3-4,11-14,16-18H2,1-2H3/b26-25+. The summed E-state index contributed by atoms with van der Waals surface area (Å²) in [6.07, 6.45) is 0.453. The predicted molar refractivity (Wildman–Crippen MR) is 123 cm³/mol. The molecule has 5 heteroatoms. The number of aliphatic hydroxyl groups is 1. The van der Waals surface area contributed by atoms with Crippen molar-refractivity contribution in [3.05, 3.63) is 70.3 Å². The number of carbonyl (C=O) groups is 1. The second-order valence-electron chi connectivity index (χ2n) is 8.27. The van der Waals surface area contributed by atoms with E-state index in [1.165, 1.54) is 5.56 Å². The van der Waals surface area contributed by atoms with Crippen molar-refractivity contribution >= 4 is 17.1 Å². The van der Waals surface area contributed by atoms with Crippen molar-refractivity contribution < 1.29 is 14.6 Å². The summed E-state index contributed by atoms with van der Waals surface area (Å²) < 4.78 is 6.05. The summed E-state index contributed by atoms with van der Waals surface area (Å²) in [4.78, 5) is 17.4. The van der Waals surface area contributed by atoms with E-state index in [9.17, 15) is 9.90 Å². The lowest BCUT2D eigenvalue weighted by Gasteiger charge is -2.26. The van der Waals surface area contributed by atoms with E-state index in [1.807, 2.05) is 24.3 Å². The summed E-state index contributed by atoms with van der Waals surface area (Å²) in [5, 5.41) is 9.50. The Bertz CT molecular complexity index is 978. The van der Waals surface area contributed by atoms with Crippen LogP contribution in [-0.4, -0.2) is 60.0 Å². The zero-order valence-corrected chi connectivity index (χ0v) is 18.6. The average molecular weight is 421 g/mol. The molecular formula is C26H32N2O3. The first-order valence-electron chi connectivity index (χ1n) is 11.3. The van der Waals surface area contributed by atoms with Gasteiger partial charge in [0.2, 0.25) is 0 Å². The van der Waals surface area contributed by atoms with E-state index < -0.39 is 0 Å². The molecule has 0 bridgehead atoms. The second kappa shape index (κ2) is 9.77. The highest BCUT2D eigenvalue weighted by molar-refractivity contribution is 6.31. The minimum absolute atomic E-state index is 0.138. The highest BCUT2D eigenvalue weighted by atomic mass is 16.5. The molecule has 2 aromatic rings. The molecule has 0 spiro atoms. The second-order valence-corrected chi connectivity index (χ2v) is 8.27. The van der Waals surface area contributed by atoms with Crippen LogP contribution in [0.5, 0.6) is 0 Å². The molecule has 1 aliphatic heterocycles. The van der Waals surface area contributed by atoms with Gasteiger partial charge in [-0.25, -0.2) is 0 Å². The molecule has 1 N–H and O–H groups in total. The average Bonchev–Trinajstić information content (AvgIpc) is 3.33. The highest BCUT2D eigenvalue weighted by Crippen LogP contribution is 2.40. The van der Waals surface area contributed by atoms with Gasteiger partial charge in [0.15, 0.2) is 5.78 Å². The maximum Gasteiger partial charge on any atom is 0.171 e. The summed E-state index contributed by atoms with van der Waals surface area (Å²) in [6, 6.07) is 14.4. The predicted octanol–water partition coefficient (Wildman–Crippen LogP) is 3.35. The third-order valence-corrected chi connectivity index (χ3v) is 6.38. The van der Waals surface area contributed by atoms with Crippen LogP contribution in [0.1, 0.15) is 41.7 Å². The molecule has 0 radical (unpaired) electrons. The molecule has 1 aliphatic carbocycles. The van der Waals surface area contributed by atoms with Crippen molar-refractivity contribution in [1.82, 2.24) is 9.80 Å². The van der Waals surface area contributed by atoms with Gasteiger partial charge < -0.3 is 14.7 Å². The van der Waals surface area contributed by atoms with E-state index >= 15 is 0 Å². The number of benzene rings is 2. The van der Waals surface area contributed by atoms with Gasteiger partial charge in [0.05, 0.1) is 12.2 Å². The van der Waals surface area contributed by atoms with Gasteiger partial charge in [-0.3, -0.25) is 9.69 Å². The molecule has 2 aliphatic rings. The zero-order valence-electron chi connectivity index (χ0n) is 18.6. The van der Waals surface area contributed by atoms with Gasteiger partial charge in [-0.1, -0.05) is 56.3 Å². The van der Waals surface area contributed by atoms with Crippen molar-refractivity contribution in [2.75, 3.05) is 39.3 Å². The van der Waals surface area contributed by atoms with Gasteiger partial charge in [0, 0.05) is 43.7 Å². The van der Waals surface area contributed by atoms with Crippen LogP contribution in [0.15, 0.2) is 42.5 Å². The molecule has 2 aromatic carbocycles. The third kappa shape index (κ3) is 4.59. The number of Topliss-reactive ketones (excluding diaryl/α,β-unsaturated/α-hetero) is 1. The first-order valence-corrected chi connectivity index (χ1v) is 11.3. The monoisotopic (exact) mass is 420 g/mol. The van der Waals surface area contributed by atoms with Gasteiger partial charge in [-0.05, 0) is 29.8 Å². The normalized spacial score (nSPS) is 17.4. The van der Waals surface area contributed by atoms with E-state index in [2.05, 4.69) is 41.8 Å². The highest BCUT2D eigenvalue weighted by Gasteiger charge is 2.32. The number of nitrogens with zero attached hydrogens (tertiary/aromatic N) is 2. The number of likely N-dealkylation sites (N-methyl/N-ethyl adjacent to an activating group) is 1. The molecule has 0 aromatic heterocycles. The van der Waals surface area contributed by atoms with E-state index in [4.69, 9.17) is 4.74 Å². The largest absolute Gasteiger partial charge is 0.487 e. The van der Waals surface area contributed by atoms with Crippen LogP contribution in [0.4, 0.5) is 0 Å². The first kappa shape index (κ1) is 21.8. The van der Waals surface area contributed by atoms with Crippen molar-refractivity contribution in [1.29, 1.82) is 0 Å². The quantitative estimate of drug-likeness (QED) is 0.631. The van der Waals surface area contributed by atoms with Crippen LogP contribution in [0.2, 0.25) is 0 Å².